The van der Waals surface area contributed by atoms with E-state index in [1.165, 1.54) is 22.5 Å². The number of rotatable bonds is 8. The molecule has 0 aromatic carbocycles. The Hall–Kier alpha value is -5.94. The van der Waals surface area contributed by atoms with Crippen molar-refractivity contribution in [2.24, 2.45) is 0 Å². The maximum Gasteiger partial charge on any atom is 0.410 e. The number of nitrogens with zero attached hydrogens (tertiary/aromatic N) is 10. The third-order valence-corrected chi connectivity index (χ3v) is 12.6. The maximum atomic E-state index is 14.9. The molecule has 2 amide bonds. The maximum absolute atomic E-state index is 14.9. The van der Waals surface area contributed by atoms with Gasteiger partial charge in [0.15, 0.2) is 12.3 Å². The number of hydrogen-bond donors (Lipinski definition) is 0. The SMILES string of the molecule is Cc1c(O[C@@H]2CCN(C(=O)OC3(C)CC3)C[C@@H]2F)ncnc1N1CCc2ncccc21.Cc1c(O[C@H]2CCN(C(=O)OC3(C)CC3)C[C@H]2F)ncnc1N1CCc2ncccc21. The lowest BCUT2D eigenvalue weighted by Crippen LogP contribution is -2.50. The van der Waals surface area contributed by atoms with Crippen molar-refractivity contribution in [3.63, 3.8) is 0 Å². The van der Waals surface area contributed by atoms with Crippen molar-refractivity contribution in [3.8, 4) is 11.8 Å². The smallest absolute Gasteiger partial charge is 0.410 e. The number of pyridine rings is 2. The fourth-order valence-corrected chi connectivity index (χ4v) is 8.24. The van der Waals surface area contributed by atoms with Gasteiger partial charge in [0.05, 0.1) is 47.0 Å². The molecule has 62 heavy (non-hydrogen) atoms. The van der Waals surface area contributed by atoms with Crippen LogP contribution < -0.4 is 19.3 Å². The van der Waals surface area contributed by atoms with E-state index in [0.717, 1.165) is 97.1 Å². The van der Waals surface area contributed by atoms with Crippen molar-refractivity contribution in [3.05, 3.63) is 71.8 Å². The number of hydrogen-bond acceptors (Lipinski definition) is 14. The predicted octanol–water partition coefficient (Wildman–Crippen LogP) is 6.71. The lowest BCUT2D eigenvalue weighted by Gasteiger charge is -2.34. The van der Waals surface area contributed by atoms with Crippen LogP contribution >= 0.6 is 0 Å². The first-order valence-corrected chi connectivity index (χ1v) is 21.5. The monoisotopic (exact) mass is 854 g/mol. The van der Waals surface area contributed by atoms with Crippen LogP contribution in [0.1, 0.15) is 74.9 Å². The molecule has 4 aliphatic heterocycles. The van der Waals surface area contributed by atoms with Crippen LogP contribution in [0.3, 0.4) is 0 Å². The number of carbonyl (C=O) groups excluding carboxylic acids is 2. The molecule has 2 aliphatic carbocycles. The Morgan fingerprint density at radius 1 is 0.629 bits per heavy atom. The fraction of sp³-hybridized carbons (Fsp3) is 0.545. The van der Waals surface area contributed by atoms with Gasteiger partial charge in [0.1, 0.15) is 47.7 Å². The Bertz CT molecular complexity index is 2160. The summed E-state index contributed by atoms with van der Waals surface area (Å²) in [6.07, 6.45) is 7.51. The third kappa shape index (κ3) is 8.73. The number of anilines is 4. The zero-order valence-electron chi connectivity index (χ0n) is 35.5. The molecule has 328 valence electrons. The van der Waals surface area contributed by atoms with Crippen LogP contribution in [0, 0.1) is 13.8 Å². The number of piperidine rings is 2. The van der Waals surface area contributed by atoms with Crippen molar-refractivity contribution in [1.82, 2.24) is 39.7 Å². The lowest BCUT2D eigenvalue weighted by atomic mass is 10.1. The predicted molar refractivity (Wildman–Crippen MR) is 223 cm³/mol. The highest BCUT2D eigenvalue weighted by Crippen LogP contribution is 2.41. The summed E-state index contributed by atoms with van der Waals surface area (Å²) in [5, 5.41) is 0. The van der Waals surface area contributed by atoms with Crippen molar-refractivity contribution >= 4 is 35.2 Å². The number of halogens is 2. The van der Waals surface area contributed by atoms with Crippen LogP contribution in [0.5, 0.6) is 11.8 Å². The normalized spacial score (nSPS) is 24.0. The van der Waals surface area contributed by atoms with E-state index in [-0.39, 0.29) is 24.3 Å². The Kier molecular flexibility index (Phi) is 11.2. The lowest BCUT2D eigenvalue weighted by molar-refractivity contribution is 0.00162. The zero-order chi connectivity index (χ0) is 43.2. The molecule has 2 saturated carbocycles. The average Bonchev–Trinajstić information content (AvgIpc) is 4.06. The summed E-state index contributed by atoms with van der Waals surface area (Å²) in [5.74, 6) is 2.23. The Balaban J connectivity index is 0.000000158. The summed E-state index contributed by atoms with van der Waals surface area (Å²) >= 11 is 0. The molecule has 4 atom stereocenters. The van der Waals surface area contributed by atoms with E-state index in [1.54, 1.807) is 12.4 Å². The van der Waals surface area contributed by atoms with Gasteiger partial charge >= 0.3 is 12.2 Å². The standard InChI is InChI=1S/2C22H26FN5O3/c2*1-14-19(28-11-5-16-17(28)4-3-9-24-16)25-13-26-20(14)30-18-6-10-27(12-15(18)23)21(29)31-22(2)7-8-22/h2*3-4,9,13,15,18H,5-8,10-12H2,1-2H3/t2*15-,18+/m10/s1. The minimum Gasteiger partial charge on any atom is -0.471 e. The molecule has 2 saturated heterocycles. The van der Waals surface area contributed by atoms with Crippen LogP contribution in [0.25, 0.3) is 0 Å². The van der Waals surface area contributed by atoms with Crippen molar-refractivity contribution < 1.29 is 37.3 Å². The minimum atomic E-state index is -1.32. The quantitative estimate of drug-likeness (QED) is 0.184. The molecule has 0 bridgehead atoms. The van der Waals surface area contributed by atoms with Crippen LogP contribution in [0.4, 0.5) is 41.4 Å². The summed E-state index contributed by atoms with van der Waals surface area (Å²) in [6.45, 7) is 9.82. The summed E-state index contributed by atoms with van der Waals surface area (Å²) in [5.41, 5.74) is 4.90. The Morgan fingerprint density at radius 2 is 1.05 bits per heavy atom. The van der Waals surface area contributed by atoms with E-state index in [4.69, 9.17) is 18.9 Å². The number of alkyl halides is 2. The van der Waals surface area contributed by atoms with Gasteiger partial charge in [0, 0.05) is 64.3 Å². The molecule has 0 N–H and O–H groups in total. The van der Waals surface area contributed by atoms with E-state index in [0.29, 0.717) is 37.7 Å². The Morgan fingerprint density at radius 3 is 1.44 bits per heavy atom. The van der Waals surface area contributed by atoms with Crippen molar-refractivity contribution in [2.75, 3.05) is 49.1 Å². The van der Waals surface area contributed by atoms with Crippen LogP contribution in [-0.2, 0) is 22.3 Å². The first kappa shape index (κ1) is 41.4. The second kappa shape index (κ2) is 16.7. The van der Waals surface area contributed by atoms with Crippen LogP contribution in [0.15, 0.2) is 49.3 Å². The third-order valence-electron chi connectivity index (χ3n) is 12.6. The molecular weight excluding hydrogens is 803 g/mol. The van der Waals surface area contributed by atoms with Gasteiger partial charge in [-0.25, -0.2) is 38.3 Å². The number of amides is 2. The number of fused-ring (bicyclic) bond motifs is 2. The molecule has 0 unspecified atom stereocenters. The van der Waals surface area contributed by atoms with E-state index in [9.17, 15) is 18.4 Å². The highest BCUT2D eigenvalue weighted by Gasteiger charge is 2.45. The first-order valence-electron chi connectivity index (χ1n) is 21.5. The van der Waals surface area contributed by atoms with Gasteiger partial charge in [-0.3, -0.25) is 9.97 Å². The van der Waals surface area contributed by atoms with E-state index < -0.39 is 36.7 Å². The van der Waals surface area contributed by atoms with Crippen LogP contribution in [0.2, 0.25) is 0 Å². The first-order chi connectivity index (χ1) is 29.9. The molecule has 8 heterocycles. The van der Waals surface area contributed by atoms with Gasteiger partial charge in [-0.15, -0.1) is 0 Å². The Labute approximate surface area is 359 Å². The molecule has 4 aromatic rings. The highest BCUT2D eigenvalue weighted by atomic mass is 19.1. The number of carbonyl (C=O) groups is 2. The molecule has 16 nitrogen and oxygen atoms in total. The number of likely N-dealkylation sites (tertiary alicyclic amines) is 2. The molecule has 10 rings (SSSR count). The van der Waals surface area contributed by atoms with E-state index >= 15 is 0 Å². The topological polar surface area (TPSA) is 161 Å². The van der Waals surface area contributed by atoms with Crippen LogP contribution in [-0.4, -0.2) is 127 Å². The summed E-state index contributed by atoms with van der Waals surface area (Å²) < 4.78 is 52.7. The molecule has 4 fully saturated rings. The van der Waals surface area contributed by atoms with Gasteiger partial charge in [-0.2, -0.15) is 0 Å². The second-order valence-electron chi connectivity index (χ2n) is 17.4. The fourth-order valence-electron chi connectivity index (χ4n) is 8.24. The van der Waals surface area contributed by atoms with Crippen molar-refractivity contribution in [1.29, 1.82) is 0 Å². The summed E-state index contributed by atoms with van der Waals surface area (Å²) in [6, 6.07) is 7.85. The van der Waals surface area contributed by atoms with E-state index in [1.807, 2.05) is 52.0 Å². The van der Waals surface area contributed by atoms with Gasteiger partial charge in [-0.1, -0.05) is 0 Å². The molecule has 6 aliphatic rings. The van der Waals surface area contributed by atoms with Crippen molar-refractivity contribution in [2.45, 2.75) is 115 Å². The molecule has 4 aromatic heterocycles. The van der Waals surface area contributed by atoms with Gasteiger partial charge < -0.3 is 38.5 Å². The van der Waals surface area contributed by atoms with E-state index in [2.05, 4.69) is 39.7 Å². The van der Waals surface area contributed by atoms with Gasteiger partial charge in [0.25, 0.3) is 0 Å². The zero-order valence-corrected chi connectivity index (χ0v) is 35.5. The number of aromatic nitrogens is 6. The summed E-state index contributed by atoms with van der Waals surface area (Å²) in [7, 11) is 0. The molecular formula is C44H52F2N10O6. The largest absolute Gasteiger partial charge is 0.471 e. The molecule has 0 radical (unpaired) electrons. The average molecular weight is 855 g/mol. The summed E-state index contributed by atoms with van der Waals surface area (Å²) in [4.78, 5) is 57.9. The number of ether oxygens (including phenoxy) is 4. The van der Waals surface area contributed by atoms with Gasteiger partial charge in [0.2, 0.25) is 11.8 Å². The van der Waals surface area contributed by atoms with Gasteiger partial charge in [-0.05, 0) is 77.6 Å². The second-order valence-corrected chi connectivity index (χ2v) is 17.4. The minimum absolute atomic E-state index is 0.0399. The molecule has 18 heteroatoms. The highest BCUT2D eigenvalue weighted by molar-refractivity contribution is 5.71. The molecule has 0 spiro atoms.